The third-order valence-corrected chi connectivity index (χ3v) is 16.3. The Morgan fingerprint density at radius 3 is 2.28 bits per heavy atom. The summed E-state index contributed by atoms with van der Waals surface area (Å²) in [5.41, 5.74) is 2.44. The van der Waals surface area contributed by atoms with Crippen LogP contribution in [0.1, 0.15) is 126 Å². The van der Waals surface area contributed by atoms with Crippen molar-refractivity contribution in [3.05, 3.63) is 41.7 Å². The van der Waals surface area contributed by atoms with Gasteiger partial charge in [-0.2, -0.15) is 0 Å². The standard InChI is InChI=1S/C53H90ClFN6O10/c1-15-44-53(10,66)49(63)37(8)59(12)29-32(3)26-52(9,65)50(35(6)47(36(7)51(64)70-44)43-23-31(2)22-33(4)68-43)71-46-25-41(24-34(5)69-46)58(11)21-20-40-30-61(57-60(40)13)42(28-55)48(67-14)38-16-18-39(19-17-38)56-45(62)27-54/h16-19,30-37,41-44,46-50,57,63,65-66H,15,20-29H2,1-14H3,(H,56,62)/t31-,32-,33+,34-,35+,36-,37-,41+,42-,43-,44-,46+,47?,48-,49-,50-,52-,53-/m1/s1. The molecule has 0 radical (unpaired) electrons. The number of hydrogen-bond acceptors (Lipinski definition) is 15. The number of anilines is 1. The maximum absolute atomic E-state index is 14.9. The second kappa shape index (κ2) is 25.7. The van der Waals surface area contributed by atoms with Gasteiger partial charge in [0.25, 0.3) is 0 Å². The molecular formula is C53H90ClFN6O10. The van der Waals surface area contributed by atoms with Crippen LogP contribution in [-0.4, -0.2) is 173 Å². The van der Waals surface area contributed by atoms with Gasteiger partial charge in [-0.1, -0.05) is 46.8 Å². The third-order valence-electron chi connectivity index (χ3n) is 16.1. The molecule has 1 aromatic rings. The van der Waals surface area contributed by atoms with Gasteiger partial charge in [-0.15, -0.1) is 17.1 Å². The van der Waals surface area contributed by atoms with Gasteiger partial charge >= 0.3 is 5.97 Å². The van der Waals surface area contributed by atoms with Crippen LogP contribution in [0.4, 0.5) is 10.1 Å². The molecule has 0 spiro atoms. The second-order valence-corrected chi connectivity index (χ2v) is 22.6. The van der Waals surface area contributed by atoms with E-state index in [9.17, 15) is 29.3 Å². The van der Waals surface area contributed by atoms with Crippen LogP contribution in [0.5, 0.6) is 0 Å². The predicted octanol–water partition coefficient (Wildman–Crippen LogP) is 6.64. The number of amides is 1. The summed E-state index contributed by atoms with van der Waals surface area (Å²) < 4.78 is 47.5. The van der Waals surface area contributed by atoms with Gasteiger partial charge in [0, 0.05) is 75.7 Å². The van der Waals surface area contributed by atoms with E-state index in [2.05, 4.69) is 50.5 Å². The van der Waals surface area contributed by atoms with Gasteiger partial charge < -0.3 is 54.1 Å². The summed E-state index contributed by atoms with van der Waals surface area (Å²) in [6.07, 6.45) is 1.26. The van der Waals surface area contributed by atoms with Crippen LogP contribution in [0, 0.1) is 29.6 Å². The van der Waals surface area contributed by atoms with Crippen molar-refractivity contribution in [3.8, 4) is 0 Å². The summed E-state index contributed by atoms with van der Waals surface area (Å²) in [6, 6.07) is 5.96. The van der Waals surface area contributed by atoms with E-state index in [4.69, 9.17) is 35.3 Å². The highest BCUT2D eigenvalue weighted by Crippen LogP contribution is 2.43. The van der Waals surface area contributed by atoms with E-state index in [1.807, 2.05) is 64.8 Å². The van der Waals surface area contributed by atoms with Crippen molar-refractivity contribution < 1.29 is 53.0 Å². The number of hydrogen-bond donors (Lipinski definition) is 5. The van der Waals surface area contributed by atoms with Crippen molar-refractivity contribution in [1.82, 2.24) is 25.4 Å². The fourth-order valence-corrected chi connectivity index (χ4v) is 12.3. The number of alkyl halides is 2. The quantitative estimate of drug-likeness (QED) is 0.0934. The third kappa shape index (κ3) is 14.8. The predicted molar refractivity (Wildman–Crippen MR) is 273 cm³/mol. The molecule has 4 aliphatic heterocycles. The minimum atomic E-state index is -1.74. The second-order valence-electron chi connectivity index (χ2n) is 22.3. The molecule has 1 amide bonds. The minimum absolute atomic E-state index is 0.0423. The van der Waals surface area contributed by atoms with Crippen LogP contribution in [0.25, 0.3) is 0 Å². The lowest BCUT2D eigenvalue weighted by Gasteiger charge is -2.48. The maximum Gasteiger partial charge on any atom is 0.309 e. The summed E-state index contributed by atoms with van der Waals surface area (Å²) in [5.74, 6) is -2.31. The topological polar surface area (TPSA) is 178 Å². The monoisotopic (exact) mass is 1020 g/mol. The van der Waals surface area contributed by atoms with E-state index in [1.54, 1.807) is 43.3 Å². The number of rotatable bonds is 15. The summed E-state index contributed by atoms with van der Waals surface area (Å²) in [6.45, 7) is 19.9. The molecule has 3 fully saturated rings. The first-order valence-corrected chi connectivity index (χ1v) is 26.6. The Labute approximate surface area is 429 Å². The molecule has 0 aromatic heterocycles. The van der Waals surface area contributed by atoms with Crippen molar-refractivity contribution >= 4 is 29.2 Å². The van der Waals surface area contributed by atoms with Crippen molar-refractivity contribution in [1.29, 1.82) is 0 Å². The fourth-order valence-electron chi connectivity index (χ4n) is 12.2. The molecule has 0 saturated carbocycles. The smallest absolute Gasteiger partial charge is 0.309 e. The lowest BCUT2D eigenvalue weighted by Crippen LogP contribution is -2.59. The molecule has 4 heterocycles. The number of halogens is 2. The van der Waals surface area contributed by atoms with Gasteiger partial charge in [-0.3, -0.25) is 19.6 Å². The van der Waals surface area contributed by atoms with Gasteiger partial charge in [0.05, 0.1) is 35.9 Å². The van der Waals surface area contributed by atoms with E-state index in [1.165, 1.54) is 0 Å². The number of benzene rings is 1. The van der Waals surface area contributed by atoms with E-state index in [0.29, 0.717) is 56.8 Å². The number of carbonyl (C=O) groups excluding carboxylic acids is 2. The van der Waals surface area contributed by atoms with Crippen LogP contribution in [0.3, 0.4) is 0 Å². The largest absolute Gasteiger partial charge is 0.459 e. The highest BCUT2D eigenvalue weighted by atomic mass is 35.5. The van der Waals surface area contributed by atoms with Crippen molar-refractivity contribution in [2.24, 2.45) is 29.6 Å². The molecule has 5 N–H and O–H groups in total. The van der Waals surface area contributed by atoms with E-state index < -0.39 is 84.4 Å². The Kier molecular flexibility index (Phi) is 21.4. The van der Waals surface area contributed by atoms with Crippen LogP contribution >= 0.6 is 11.6 Å². The van der Waals surface area contributed by atoms with Gasteiger partial charge in [0.15, 0.2) is 6.29 Å². The normalized spacial score (nSPS) is 38.3. The Bertz CT molecular complexity index is 1870. The van der Waals surface area contributed by atoms with Gasteiger partial charge in [-0.05, 0) is 116 Å². The highest BCUT2D eigenvalue weighted by Gasteiger charge is 2.51. The number of aliphatic hydroxyl groups excluding tert-OH is 1. The molecule has 4 aliphatic rings. The van der Waals surface area contributed by atoms with Crippen molar-refractivity contribution in [3.63, 3.8) is 0 Å². The molecule has 1 unspecified atom stereocenters. The zero-order valence-corrected chi connectivity index (χ0v) is 45.9. The molecular weight excluding hydrogens is 935 g/mol. The zero-order valence-electron chi connectivity index (χ0n) is 45.1. The lowest BCUT2D eigenvalue weighted by atomic mass is 9.69. The molecule has 16 nitrogen and oxygen atoms in total. The number of methoxy groups -OCH3 is 1. The first kappa shape index (κ1) is 59.2. The molecule has 406 valence electrons. The number of hydrazine groups is 2. The van der Waals surface area contributed by atoms with Crippen LogP contribution in [-0.2, 0) is 33.3 Å². The number of nitrogens with one attached hydrogen (secondary N) is 2. The molecule has 18 heteroatoms. The average molecular weight is 1030 g/mol. The number of cyclic esters (lactones) is 1. The molecule has 5 rings (SSSR count). The first-order valence-electron chi connectivity index (χ1n) is 26.1. The number of nitrogens with zero attached hydrogens (tertiary/aromatic N) is 4. The molecule has 1 aromatic carbocycles. The minimum Gasteiger partial charge on any atom is -0.459 e. The fraction of sp³-hybridized carbons (Fsp3) is 0.811. The van der Waals surface area contributed by atoms with Crippen LogP contribution in [0.2, 0.25) is 0 Å². The van der Waals surface area contributed by atoms with E-state index in [-0.39, 0.29) is 42.1 Å². The lowest BCUT2D eigenvalue weighted by molar-refractivity contribution is -0.269. The number of aliphatic hydroxyl groups is 3. The summed E-state index contributed by atoms with van der Waals surface area (Å²) >= 11 is 5.65. The van der Waals surface area contributed by atoms with E-state index >= 15 is 0 Å². The van der Waals surface area contributed by atoms with Crippen LogP contribution < -0.4 is 10.9 Å². The average Bonchev–Trinajstić information content (AvgIpc) is 3.68. The molecule has 0 aliphatic carbocycles. The van der Waals surface area contributed by atoms with Crippen molar-refractivity contribution in [2.75, 3.05) is 59.2 Å². The van der Waals surface area contributed by atoms with Gasteiger partial charge in [-0.25, -0.2) is 4.39 Å². The van der Waals surface area contributed by atoms with Gasteiger partial charge in [0.1, 0.15) is 42.5 Å². The molecule has 0 bridgehead atoms. The maximum atomic E-state index is 14.9. The number of likely N-dealkylation sites (N-methyl/N-ethyl adjacent to an activating group) is 1. The Morgan fingerprint density at radius 1 is 1.01 bits per heavy atom. The number of esters is 1. The Morgan fingerprint density at radius 2 is 1.68 bits per heavy atom. The Balaban J connectivity index is 1.38. The van der Waals surface area contributed by atoms with Gasteiger partial charge in [0.2, 0.25) is 5.91 Å². The Hall–Kier alpha value is -2.68. The van der Waals surface area contributed by atoms with E-state index in [0.717, 1.165) is 24.1 Å². The molecule has 71 heavy (non-hydrogen) atoms. The number of carbonyl (C=O) groups is 2. The summed E-state index contributed by atoms with van der Waals surface area (Å²) in [4.78, 5) is 30.6. The first-order chi connectivity index (χ1) is 33.3. The SMILES string of the molecule is CC[C@H]1OC(=O)[C@H](C)C([C@H]2C[C@H](C)C[C@H](C)O2)[C@H](C)[C@@H](O[C@H]2C[C@@H](N(C)CCC3=CN([C@H](CF)[C@H](OC)c4ccc(NC(=O)CCl)cc4)NN3C)C[C@@H](C)O2)[C@](C)(O)C[C@@H](C)CN(C)[C@H](C)[C@@H](O)[C@]1(C)O. The number of ether oxygens (including phenoxy) is 5. The zero-order chi connectivity index (χ0) is 52.7. The van der Waals surface area contributed by atoms with Crippen LogP contribution in [0.15, 0.2) is 36.2 Å². The molecule has 3 saturated heterocycles. The van der Waals surface area contributed by atoms with Crippen molar-refractivity contribution in [2.45, 2.75) is 193 Å². The molecule has 18 atom stereocenters. The summed E-state index contributed by atoms with van der Waals surface area (Å²) in [5, 5.41) is 42.8. The highest BCUT2D eigenvalue weighted by molar-refractivity contribution is 6.29. The summed E-state index contributed by atoms with van der Waals surface area (Å²) in [7, 11) is 7.45.